The van der Waals surface area contributed by atoms with E-state index in [0.29, 0.717) is 11.3 Å². The number of carbonyl (C=O) groups excluding carboxylic acids is 1. The van der Waals surface area contributed by atoms with Crippen molar-refractivity contribution in [3.05, 3.63) is 53.7 Å². The van der Waals surface area contributed by atoms with Gasteiger partial charge in [0.05, 0.1) is 17.8 Å². The van der Waals surface area contributed by atoms with E-state index in [1.165, 1.54) is 6.07 Å². The van der Waals surface area contributed by atoms with Gasteiger partial charge in [-0.05, 0) is 37.6 Å². The fraction of sp³-hybridized carbons (Fsp3) is 0.400. The van der Waals surface area contributed by atoms with Crippen LogP contribution in [0.2, 0.25) is 0 Å². The summed E-state index contributed by atoms with van der Waals surface area (Å²) in [6.07, 6.45) is -3.82. The molecule has 10 heteroatoms. The number of nitrogens with one attached hydrogen (secondary N) is 1. The number of hydrogen-bond donors (Lipinski definition) is 2. The summed E-state index contributed by atoms with van der Waals surface area (Å²) in [7, 11) is 0. The molecule has 1 heterocycles. The van der Waals surface area contributed by atoms with Gasteiger partial charge in [0.1, 0.15) is 5.75 Å². The molecule has 0 spiro atoms. The van der Waals surface area contributed by atoms with Crippen LogP contribution < -0.4 is 14.8 Å². The van der Waals surface area contributed by atoms with Crippen LogP contribution in [0.15, 0.2) is 42.6 Å². The number of ether oxygens (including phenoxy) is 2. The average Bonchev–Trinajstić information content (AvgIpc) is 2.70. The second-order valence-corrected chi connectivity index (χ2v) is 6.70. The Morgan fingerprint density at radius 1 is 1.23 bits per heavy atom. The van der Waals surface area contributed by atoms with E-state index in [0.717, 1.165) is 12.3 Å². The number of alkyl halides is 4. The number of benzene rings is 1. The quantitative estimate of drug-likeness (QED) is 0.563. The molecule has 1 amide bonds. The van der Waals surface area contributed by atoms with E-state index in [2.05, 4.69) is 15.0 Å². The van der Waals surface area contributed by atoms with Crippen molar-refractivity contribution in [1.82, 2.24) is 10.3 Å². The van der Waals surface area contributed by atoms with Crippen LogP contribution in [0, 0.1) is 0 Å². The van der Waals surface area contributed by atoms with E-state index >= 15 is 0 Å². The van der Waals surface area contributed by atoms with Crippen LogP contribution in [0.3, 0.4) is 0 Å². The third-order valence-electron chi connectivity index (χ3n) is 3.80. The van der Waals surface area contributed by atoms with E-state index in [-0.39, 0.29) is 24.1 Å². The van der Waals surface area contributed by atoms with Crippen molar-refractivity contribution < 1.29 is 36.9 Å². The Labute approximate surface area is 170 Å². The van der Waals surface area contributed by atoms with Crippen LogP contribution in [0.4, 0.5) is 17.6 Å². The highest BCUT2D eigenvalue weighted by Gasteiger charge is 2.41. The maximum Gasteiger partial charge on any atom is 0.340 e. The van der Waals surface area contributed by atoms with Crippen LogP contribution in [0.25, 0.3) is 0 Å². The lowest BCUT2D eigenvalue weighted by atomic mass is 10.1. The monoisotopic (exact) mass is 430 g/mol. The van der Waals surface area contributed by atoms with Gasteiger partial charge in [0.25, 0.3) is 5.91 Å². The first kappa shape index (κ1) is 23.4. The summed E-state index contributed by atoms with van der Waals surface area (Å²) in [5, 5.41) is 12.8. The molecular weight excluding hydrogens is 408 g/mol. The lowest BCUT2D eigenvalue weighted by molar-refractivity contribution is -0.148. The number of pyridine rings is 1. The average molecular weight is 430 g/mol. The van der Waals surface area contributed by atoms with Crippen LogP contribution in [0.5, 0.6) is 11.6 Å². The van der Waals surface area contributed by atoms with E-state index in [1.807, 2.05) is 13.8 Å². The summed E-state index contributed by atoms with van der Waals surface area (Å²) in [5.41, 5.74) is 0.627. The van der Waals surface area contributed by atoms with Gasteiger partial charge in [-0.15, -0.1) is 0 Å². The lowest BCUT2D eigenvalue weighted by Crippen LogP contribution is -2.34. The SMILES string of the molecule is CC(C)Oc1cccc(C(O)CNC(=O)c2ccc(OCC(F)(F)C(F)F)nc2)c1. The highest BCUT2D eigenvalue weighted by molar-refractivity contribution is 5.93. The minimum Gasteiger partial charge on any atom is -0.491 e. The van der Waals surface area contributed by atoms with Crippen LogP contribution >= 0.6 is 0 Å². The van der Waals surface area contributed by atoms with Crippen molar-refractivity contribution in [3.8, 4) is 11.6 Å². The molecule has 6 nitrogen and oxygen atoms in total. The van der Waals surface area contributed by atoms with Gasteiger partial charge in [-0.1, -0.05) is 12.1 Å². The summed E-state index contributed by atoms with van der Waals surface area (Å²) in [6, 6.07) is 9.17. The molecule has 1 atom stereocenters. The maximum atomic E-state index is 12.8. The number of rotatable bonds is 10. The Bertz CT molecular complexity index is 832. The van der Waals surface area contributed by atoms with Gasteiger partial charge in [0, 0.05) is 18.8 Å². The summed E-state index contributed by atoms with van der Waals surface area (Å²) in [6.45, 7) is 2.12. The first-order chi connectivity index (χ1) is 14.1. The van der Waals surface area contributed by atoms with Gasteiger partial charge in [0.15, 0.2) is 6.61 Å². The molecule has 164 valence electrons. The van der Waals surface area contributed by atoms with Crippen LogP contribution in [-0.4, -0.2) is 47.6 Å². The number of aromatic nitrogens is 1. The van der Waals surface area contributed by atoms with Crippen molar-refractivity contribution in [3.63, 3.8) is 0 Å². The molecule has 0 fully saturated rings. The molecule has 0 aliphatic rings. The van der Waals surface area contributed by atoms with Crippen molar-refractivity contribution in [1.29, 1.82) is 0 Å². The van der Waals surface area contributed by atoms with Gasteiger partial charge >= 0.3 is 12.3 Å². The zero-order valence-electron chi connectivity index (χ0n) is 16.3. The first-order valence-corrected chi connectivity index (χ1v) is 9.06. The topological polar surface area (TPSA) is 80.7 Å². The molecule has 1 aromatic heterocycles. The van der Waals surface area contributed by atoms with Gasteiger partial charge < -0.3 is 19.9 Å². The molecule has 2 N–H and O–H groups in total. The molecule has 1 unspecified atom stereocenters. The Hall–Kier alpha value is -2.88. The zero-order chi connectivity index (χ0) is 22.3. The summed E-state index contributed by atoms with van der Waals surface area (Å²) in [4.78, 5) is 15.8. The van der Waals surface area contributed by atoms with E-state index in [9.17, 15) is 27.5 Å². The normalized spacial score (nSPS) is 12.7. The molecule has 2 rings (SSSR count). The summed E-state index contributed by atoms with van der Waals surface area (Å²) in [5.74, 6) is -4.61. The van der Waals surface area contributed by atoms with Gasteiger partial charge in [-0.25, -0.2) is 13.8 Å². The fourth-order valence-electron chi connectivity index (χ4n) is 2.31. The molecule has 30 heavy (non-hydrogen) atoms. The molecule has 0 aliphatic carbocycles. The zero-order valence-corrected chi connectivity index (χ0v) is 16.3. The lowest BCUT2D eigenvalue weighted by Gasteiger charge is -2.16. The smallest absolute Gasteiger partial charge is 0.340 e. The Morgan fingerprint density at radius 3 is 2.57 bits per heavy atom. The number of carbonyl (C=O) groups is 1. The van der Waals surface area contributed by atoms with Crippen LogP contribution in [0.1, 0.15) is 35.9 Å². The van der Waals surface area contributed by atoms with Crippen LogP contribution in [-0.2, 0) is 0 Å². The first-order valence-electron chi connectivity index (χ1n) is 9.06. The second-order valence-electron chi connectivity index (χ2n) is 6.70. The Morgan fingerprint density at radius 2 is 1.97 bits per heavy atom. The third-order valence-corrected chi connectivity index (χ3v) is 3.80. The van der Waals surface area contributed by atoms with E-state index in [4.69, 9.17) is 4.74 Å². The predicted molar refractivity (Wildman–Crippen MR) is 100 cm³/mol. The van der Waals surface area contributed by atoms with Gasteiger partial charge in [-0.3, -0.25) is 4.79 Å². The number of hydrogen-bond acceptors (Lipinski definition) is 5. The highest BCUT2D eigenvalue weighted by atomic mass is 19.3. The molecule has 1 aromatic carbocycles. The van der Waals surface area contributed by atoms with E-state index < -0.39 is 31.0 Å². The van der Waals surface area contributed by atoms with Crippen molar-refractivity contribution in [2.24, 2.45) is 0 Å². The van der Waals surface area contributed by atoms with Gasteiger partial charge in [-0.2, -0.15) is 8.78 Å². The maximum absolute atomic E-state index is 12.8. The molecule has 0 bridgehead atoms. The molecular formula is C20H22F4N2O4. The molecule has 0 aliphatic heterocycles. The highest BCUT2D eigenvalue weighted by Crippen LogP contribution is 2.24. The number of amides is 1. The largest absolute Gasteiger partial charge is 0.491 e. The third kappa shape index (κ3) is 6.87. The van der Waals surface area contributed by atoms with Crippen molar-refractivity contribution in [2.75, 3.05) is 13.2 Å². The second kappa shape index (κ2) is 10.2. The minimum absolute atomic E-state index is 0.0295. The Balaban J connectivity index is 1.89. The minimum atomic E-state index is -4.30. The summed E-state index contributed by atoms with van der Waals surface area (Å²) >= 11 is 0. The van der Waals surface area contributed by atoms with E-state index in [1.54, 1.807) is 24.3 Å². The predicted octanol–water partition coefficient (Wildman–Crippen LogP) is 3.61. The summed E-state index contributed by atoms with van der Waals surface area (Å²) < 4.78 is 60.0. The molecule has 0 saturated heterocycles. The fourth-order valence-corrected chi connectivity index (χ4v) is 2.31. The standard InChI is InChI=1S/C20H22F4N2O4/c1-12(2)30-15-5-3-4-13(8-15)16(27)10-26-18(28)14-6-7-17(25-9-14)29-11-20(23,24)19(21)22/h3-9,12,16,19,27H,10-11H2,1-2H3,(H,26,28). The molecule has 0 radical (unpaired) electrons. The van der Waals surface area contributed by atoms with Crippen molar-refractivity contribution in [2.45, 2.75) is 38.4 Å². The molecule has 0 saturated carbocycles. The molecule has 2 aromatic rings. The van der Waals surface area contributed by atoms with Crippen molar-refractivity contribution >= 4 is 5.91 Å². The Kier molecular flexibility index (Phi) is 7.99. The van der Waals surface area contributed by atoms with Gasteiger partial charge in [0.2, 0.25) is 5.88 Å². The number of aliphatic hydroxyl groups is 1. The number of halogens is 4. The number of aliphatic hydroxyl groups excluding tert-OH is 1. The number of nitrogens with zero attached hydrogens (tertiary/aromatic N) is 1.